The third-order valence-corrected chi connectivity index (χ3v) is 2.15. The third-order valence-electron chi connectivity index (χ3n) is 2.15. The van der Waals surface area contributed by atoms with Crippen LogP contribution in [0.3, 0.4) is 0 Å². The SMILES string of the molecule is CCCC(=O)NCCN(C)C(C)C. The second-order valence-electron chi connectivity index (χ2n) is 3.67. The lowest BCUT2D eigenvalue weighted by Crippen LogP contribution is -2.35. The van der Waals surface area contributed by atoms with Gasteiger partial charge in [0.15, 0.2) is 0 Å². The van der Waals surface area contributed by atoms with Crippen molar-refractivity contribution in [1.29, 1.82) is 0 Å². The average Bonchev–Trinajstić information content (AvgIpc) is 2.04. The van der Waals surface area contributed by atoms with Crippen LogP contribution in [-0.4, -0.2) is 37.0 Å². The van der Waals surface area contributed by atoms with E-state index in [1.165, 1.54) is 0 Å². The Morgan fingerprint density at radius 1 is 1.46 bits per heavy atom. The molecule has 0 aliphatic carbocycles. The first-order valence-corrected chi connectivity index (χ1v) is 5.04. The highest BCUT2D eigenvalue weighted by atomic mass is 16.1. The van der Waals surface area contributed by atoms with Gasteiger partial charge in [0, 0.05) is 25.6 Å². The van der Waals surface area contributed by atoms with Crippen LogP contribution in [0.1, 0.15) is 33.6 Å². The fourth-order valence-electron chi connectivity index (χ4n) is 0.945. The summed E-state index contributed by atoms with van der Waals surface area (Å²) < 4.78 is 0. The molecule has 0 radical (unpaired) electrons. The molecule has 3 heteroatoms. The molecular formula is C10H22N2O. The lowest BCUT2D eigenvalue weighted by atomic mass is 10.3. The van der Waals surface area contributed by atoms with Gasteiger partial charge >= 0.3 is 0 Å². The summed E-state index contributed by atoms with van der Waals surface area (Å²) >= 11 is 0. The Bertz CT molecular complexity index is 146. The maximum atomic E-state index is 11.1. The van der Waals surface area contributed by atoms with Crippen LogP contribution in [0.2, 0.25) is 0 Å². The van der Waals surface area contributed by atoms with E-state index in [9.17, 15) is 4.79 Å². The van der Waals surface area contributed by atoms with Crippen molar-refractivity contribution in [3.63, 3.8) is 0 Å². The van der Waals surface area contributed by atoms with Crippen LogP contribution < -0.4 is 5.32 Å². The number of rotatable bonds is 6. The summed E-state index contributed by atoms with van der Waals surface area (Å²) in [4.78, 5) is 13.3. The van der Waals surface area contributed by atoms with Crippen LogP contribution >= 0.6 is 0 Å². The maximum absolute atomic E-state index is 11.1. The molecule has 0 saturated carbocycles. The molecule has 0 atom stereocenters. The predicted octanol–water partition coefficient (Wildman–Crippen LogP) is 1.24. The van der Waals surface area contributed by atoms with Crippen molar-refractivity contribution in [2.45, 2.75) is 39.7 Å². The summed E-state index contributed by atoms with van der Waals surface area (Å²) in [5.74, 6) is 0.166. The highest BCUT2D eigenvalue weighted by Gasteiger charge is 2.03. The molecule has 1 N–H and O–H groups in total. The van der Waals surface area contributed by atoms with E-state index in [1.54, 1.807) is 0 Å². The number of hydrogen-bond donors (Lipinski definition) is 1. The van der Waals surface area contributed by atoms with E-state index in [0.29, 0.717) is 12.5 Å². The van der Waals surface area contributed by atoms with E-state index in [2.05, 4.69) is 31.1 Å². The lowest BCUT2D eigenvalue weighted by molar-refractivity contribution is -0.121. The molecule has 1 amide bonds. The van der Waals surface area contributed by atoms with Gasteiger partial charge in [0.2, 0.25) is 5.91 Å². The summed E-state index contributed by atoms with van der Waals surface area (Å²) in [5, 5.41) is 2.89. The van der Waals surface area contributed by atoms with Crippen molar-refractivity contribution < 1.29 is 4.79 Å². The van der Waals surface area contributed by atoms with Gasteiger partial charge in [0.25, 0.3) is 0 Å². The molecule has 0 saturated heterocycles. The zero-order valence-electron chi connectivity index (χ0n) is 9.26. The molecule has 0 bridgehead atoms. The van der Waals surface area contributed by atoms with E-state index >= 15 is 0 Å². The third kappa shape index (κ3) is 6.58. The largest absolute Gasteiger partial charge is 0.355 e. The van der Waals surface area contributed by atoms with Crippen LogP contribution in [0.25, 0.3) is 0 Å². The van der Waals surface area contributed by atoms with Crippen LogP contribution in [0, 0.1) is 0 Å². The normalized spacial score (nSPS) is 10.9. The van der Waals surface area contributed by atoms with E-state index in [4.69, 9.17) is 0 Å². The van der Waals surface area contributed by atoms with Crippen molar-refractivity contribution in [1.82, 2.24) is 10.2 Å². The molecule has 0 fully saturated rings. The second-order valence-corrected chi connectivity index (χ2v) is 3.67. The van der Waals surface area contributed by atoms with Crippen molar-refractivity contribution >= 4 is 5.91 Å². The van der Waals surface area contributed by atoms with Gasteiger partial charge in [-0.25, -0.2) is 0 Å². The number of nitrogens with zero attached hydrogens (tertiary/aromatic N) is 1. The number of nitrogens with one attached hydrogen (secondary N) is 1. The molecule has 0 aromatic carbocycles. The van der Waals surface area contributed by atoms with E-state index < -0.39 is 0 Å². The maximum Gasteiger partial charge on any atom is 0.220 e. The number of hydrogen-bond acceptors (Lipinski definition) is 2. The highest BCUT2D eigenvalue weighted by Crippen LogP contribution is 1.91. The van der Waals surface area contributed by atoms with Crippen molar-refractivity contribution in [2.24, 2.45) is 0 Å². The van der Waals surface area contributed by atoms with E-state index in [0.717, 1.165) is 19.5 Å². The summed E-state index contributed by atoms with van der Waals surface area (Å²) in [6.07, 6.45) is 1.57. The fraction of sp³-hybridized carbons (Fsp3) is 0.900. The minimum absolute atomic E-state index is 0.166. The summed E-state index contributed by atoms with van der Waals surface area (Å²) in [6, 6.07) is 0.545. The van der Waals surface area contributed by atoms with E-state index in [1.807, 2.05) is 6.92 Å². The van der Waals surface area contributed by atoms with Crippen molar-refractivity contribution in [2.75, 3.05) is 20.1 Å². The molecule has 0 aliphatic rings. The molecular weight excluding hydrogens is 164 g/mol. The molecule has 78 valence electrons. The van der Waals surface area contributed by atoms with Gasteiger partial charge in [0.05, 0.1) is 0 Å². The second kappa shape index (κ2) is 6.89. The van der Waals surface area contributed by atoms with Gasteiger partial charge in [-0.2, -0.15) is 0 Å². The fourth-order valence-corrected chi connectivity index (χ4v) is 0.945. The van der Waals surface area contributed by atoms with Crippen molar-refractivity contribution in [3.8, 4) is 0 Å². The Kier molecular flexibility index (Phi) is 6.59. The molecule has 0 aliphatic heterocycles. The van der Waals surface area contributed by atoms with E-state index in [-0.39, 0.29) is 5.91 Å². The quantitative estimate of drug-likeness (QED) is 0.677. The smallest absolute Gasteiger partial charge is 0.220 e. The first kappa shape index (κ1) is 12.4. The van der Waals surface area contributed by atoms with Crippen LogP contribution in [0.4, 0.5) is 0 Å². The Morgan fingerprint density at radius 2 is 2.08 bits per heavy atom. The molecule has 3 nitrogen and oxygen atoms in total. The van der Waals surface area contributed by atoms with Gasteiger partial charge < -0.3 is 10.2 Å². The summed E-state index contributed by atoms with van der Waals surface area (Å²) in [7, 11) is 2.07. The van der Waals surface area contributed by atoms with Gasteiger partial charge in [-0.05, 0) is 27.3 Å². The standard InChI is InChI=1S/C10H22N2O/c1-5-6-10(13)11-7-8-12(4)9(2)3/h9H,5-8H2,1-4H3,(H,11,13). The Hall–Kier alpha value is -0.570. The number of likely N-dealkylation sites (N-methyl/N-ethyl adjacent to an activating group) is 1. The van der Waals surface area contributed by atoms with Gasteiger partial charge in [0.1, 0.15) is 0 Å². The van der Waals surface area contributed by atoms with Crippen LogP contribution in [0.5, 0.6) is 0 Å². The van der Waals surface area contributed by atoms with Gasteiger partial charge in [-0.1, -0.05) is 6.92 Å². The Morgan fingerprint density at radius 3 is 2.54 bits per heavy atom. The molecule has 0 aromatic rings. The Labute approximate surface area is 81.5 Å². The zero-order chi connectivity index (χ0) is 10.3. The predicted molar refractivity (Wildman–Crippen MR) is 55.7 cm³/mol. The average molecular weight is 186 g/mol. The first-order valence-electron chi connectivity index (χ1n) is 5.04. The topological polar surface area (TPSA) is 32.3 Å². The number of carbonyl (C=O) groups is 1. The van der Waals surface area contributed by atoms with Crippen LogP contribution in [-0.2, 0) is 4.79 Å². The molecule has 0 aromatic heterocycles. The molecule has 13 heavy (non-hydrogen) atoms. The monoisotopic (exact) mass is 186 g/mol. The first-order chi connectivity index (χ1) is 6.07. The molecule has 0 rings (SSSR count). The Balaban J connectivity index is 3.39. The summed E-state index contributed by atoms with van der Waals surface area (Å²) in [6.45, 7) is 7.99. The summed E-state index contributed by atoms with van der Waals surface area (Å²) in [5.41, 5.74) is 0. The minimum atomic E-state index is 0.166. The van der Waals surface area contributed by atoms with Gasteiger partial charge in [-0.15, -0.1) is 0 Å². The zero-order valence-corrected chi connectivity index (χ0v) is 9.26. The lowest BCUT2D eigenvalue weighted by Gasteiger charge is -2.20. The highest BCUT2D eigenvalue weighted by molar-refractivity contribution is 5.75. The molecule has 0 spiro atoms. The van der Waals surface area contributed by atoms with Crippen LogP contribution in [0.15, 0.2) is 0 Å². The van der Waals surface area contributed by atoms with Gasteiger partial charge in [-0.3, -0.25) is 4.79 Å². The van der Waals surface area contributed by atoms with Crippen molar-refractivity contribution in [3.05, 3.63) is 0 Å². The minimum Gasteiger partial charge on any atom is -0.355 e. The molecule has 0 unspecified atom stereocenters. The molecule has 0 heterocycles. The number of amides is 1. The number of carbonyl (C=O) groups excluding carboxylic acids is 1.